The van der Waals surface area contributed by atoms with E-state index < -0.39 is 11.8 Å². The quantitative estimate of drug-likeness (QED) is 0.284. The summed E-state index contributed by atoms with van der Waals surface area (Å²) in [6, 6.07) is 0. The highest BCUT2D eigenvalue weighted by molar-refractivity contribution is 6.17. The molecule has 2 amide bonds. The molecule has 1 heterocycles. The molecule has 0 aromatic rings. The number of rotatable bonds is 0. The van der Waals surface area contributed by atoms with E-state index >= 15 is 0 Å². The highest BCUT2D eigenvalue weighted by Gasteiger charge is 2.20. The molecule has 1 aliphatic heterocycles. The van der Waals surface area contributed by atoms with E-state index in [9.17, 15) is 14.4 Å². The van der Waals surface area contributed by atoms with Crippen LogP contribution in [0.15, 0.2) is 17.2 Å². The van der Waals surface area contributed by atoms with Crippen molar-refractivity contribution >= 4 is 17.8 Å². The number of hydrogen-bond donors (Lipinski definition) is 1. The van der Waals surface area contributed by atoms with Gasteiger partial charge in [0, 0.05) is 6.08 Å². The van der Waals surface area contributed by atoms with E-state index in [0.717, 1.165) is 0 Å². The Kier molecular flexibility index (Phi) is 1.70. The molecule has 0 aromatic carbocycles. The topological polar surface area (TPSA) is 63.2 Å². The SMILES string of the molecule is CC1=CC(=O)NC(=O)C1=C=O. The van der Waals surface area contributed by atoms with Gasteiger partial charge in [0.25, 0.3) is 11.8 Å². The van der Waals surface area contributed by atoms with Gasteiger partial charge in [-0.15, -0.1) is 0 Å². The Labute approximate surface area is 62.6 Å². The van der Waals surface area contributed by atoms with Crippen LogP contribution < -0.4 is 5.32 Å². The number of imide groups is 1. The summed E-state index contributed by atoms with van der Waals surface area (Å²) >= 11 is 0. The molecule has 0 fully saturated rings. The van der Waals surface area contributed by atoms with Crippen molar-refractivity contribution in [2.75, 3.05) is 0 Å². The molecule has 1 aliphatic rings. The average Bonchev–Trinajstić information content (AvgIpc) is 1.85. The summed E-state index contributed by atoms with van der Waals surface area (Å²) in [5.74, 6) is 0.288. The monoisotopic (exact) mass is 151 g/mol. The van der Waals surface area contributed by atoms with Crippen LogP contribution in [-0.4, -0.2) is 17.8 Å². The fourth-order valence-electron chi connectivity index (χ4n) is 0.785. The van der Waals surface area contributed by atoms with E-state index in [4.69, 9.17) is 0 Å². The zero-order valence-corrected chi connectivity index (χ0v) is 5.80. The molecule has 56 valence electrons. The summed E-state index contributed by atoms with van der Waals surface area (Å²) in [4.78, 5) is 31.5. The van der Waals surface area contributed by atoms with Gasteiger partial charge in [0.2, 0.25) is 0 Å². The van der Waals surface area contributed by atoms with Crippen molar-refractivity contribution < 1.29 is 14.4 Å². The molecule has 0 saturated carbocycles. The largest absolute Gasteiger partial charge is 0.288 e. The second-order valence-electron chi connectivity index (χ2n) is 2.12. The lowest BCUT2D eigenvalue weighted by atomic mass is 10.1. The zero-order chi connectivity index (χ0) is 8.43. The van der Waals surface area contributed by atoms with Gasteiger partial charge >= 0.3 is 0 Å². The molecule has 0 bridgehead atoms. The van der Waals surface area contributed by atoms with Crippen molar-refractivity contribution in [1.29, 1.82) is 0 Å². The highest BCUT2D eigenvalue weighted by atomic mass is 16.2. The molecular weight excluding hydrogens is 146 g/mol. The predicted molar refractivity (Wildman–Crippen MR) is 36.1 cm³/mol. The van der Waals surface area contributed by atoms with Crippen LogP contribution in [0.1, 0.15) is 6.92 Å². The van der Waals surface area contributed by atoms with Crippen LogP contribution in [0.5, 0.6) is 0 Å². The third kappa shape index (κ3) is 1.25. The van der Waals surface area contributed by atoms with Gasteiger partial charge in [-0.2, -0.15) is 0 Å². The van der Waals surface area contributed by atoms with Gasteiger partial charge in [-0.25, -0.2) is 4.79 Å². The number of carbonyl (C=O) groups excluding carboxylic acids is 3. The lowest BCUT2D eigenvalue weighted by molar-refractivity contribution is -0.126. The standard InChI is InChI=1S/C7H5NO3/c1-4-2-6(10)8-7(11)5(4)3-9/h2H,1H3,(H,8,10,11). The fraction of sp³-hybridized carbons (Fsp3) is 0.143. The molecule has 1 N–H and O–H groups in total. The first-order valence-electron chi connectivity index (χ1n) is 2.94. The van der Waals surface area contributed by atoms with Crippen LogP contribution in [0.3, 0.4) is 0 Å². The van der Waals surface area contributed by atoms with E-state index in [1.165, 1.54) is 18.9 Å². The Morgan fingerprint density at radius 1 is 1.45 bits per heavy atom. The minimum Gasteiger partial charge on any atom is -0.288 e. The third-order valence-corrected chi connectivity index (χ3v) is 1.31. The molecule has 0 spiro atoms. The summed E-state index contributed by atoms with van der Waals surface area (Å²) < 4.78 is 0. The Morgan fingerprint density at radius 3 is 2.55 bits per heavy atom. The van der Waals surface area contributed by atoms with Crippen molar-refractivity contribution in [1.82, 2.24) is 5.32 Å². The van der Waals surface area contributed by atoms with Gasteiger partial charge in [-0.3, -0.25) is 14.9 Å². The molecule has 0 aliphatic carbocycles. The van der Waals surface area contributed by atoms with E-state index in [-0.39, 0.29) is 5.57 Å². The van der Waals surface area contributed by atoms with E-state index in [0.29, 0.717) is 5.57 Å². The molecule has 0 atom stereocenters. The smallest absolute Gasteiger partial charge is 0.269 e. The molecule has 0 saturated heterocycles. The maximum Gasteiger partial charge on any atom is 0.269 e. The summed E-state index contributed by atoms with van der Waals surface area (Å²) in [6.07, 6.45) is 1.18. The van der Waals surface area contributed by atoms with Gasteiger partial charge in [0.1, 0.15) is 11.5 Å². The Bertz CT molecular complexity index is 308. The lowest BCUT2D eigenvalue weighted by Gasteiger charge is -2.08. The zero-order valence-electron chi connectivity index (χ0n) is 5.80. The first-order valence-corrected chi connectivity index (χ1v) is 2.94. The van der Waals surface area contributed by atoms with Crippen molar-refractivity contribution in [2.45, 2.75) is 6.92 Å². The van der Waals surface area contributed by atoms with Crippen LogP contribution in [0.25, 0.3) is 0 Å². The number of hydrogen-bond acceptors (Lipinski definition) is 3. The molecule has 0 radical (unpaired) electrons. The molecule has 0 unspecified atom stereocenters. The van der Waals surface area contributed by atoms with Gasteiger partial charge in [-0.1, -0.05) is 0 Å². The van der Waals surface area contributed by atoms with Crippen molar-refractivity contribution in [3.8, 4) is 0 Å². The highest BCUT2D eigenvalue weighted by Crippen LogP contribution is 2.08. The van der Waals surface area contributed by atoms with Gasteiger partial charge in [-0.05, 0) is 12.5 Å². The number of amides is 2. The fourth-order valence-corrected chi connectivity index (χ4v) is 0.785. The van der Waals surface area contributed by atoms with Crippen molar-refractivity contribution in [2.24, 2.45) is 0 Å². The molecular formula is C7H5NO3. The van der Waals surface area contributed by atoms with Gasteiger partial charge in [0.15, 0.2) is 0 Å². The van der Waals surface area contributed by atoms with Crippen LogP contribution >= 0.6 is 0 Å². The predicted octanol–water partition coefficient (Wildman–Crippen LogP) is -0.653. The Balaban J connectivity index is 3.19. The number of carbonyl (C=O) groups is 2. The molecule has 1 rings (SSSR count). The number of nitrogens with one attached hydrogen (secondary N) is 1. The van der Waals surface area contributed by atoms with Gasteiger partial charge < -0.3 is 0 Å². The van der Waals surface area contributed by atoms with Crippen LogP contribution in [-0.2, 0) is 14.4 Å². The minimum absolute atomic E-state index is 0.107. The second kappa shape index (κ2) is 2.52. The second-order valence-corrected chi connectivity index (χ2v) is 2.12. The Hall–Kier alpha value is -1.67. The first-order chi connectivity index (χ1) is 5.15. The van der Waals surface area contributed by atoms with Crippen LogP contribution in [0.2, 0.25) is 0 Å². The van der Waals surface area contributed by atoms with E-state index in [1.54, 1.807) is 0 Å². The van der Waals surface area contributed by atoms with Crippen molar-refractivity contribution in [3.63, 3.8) is 0 Å². The average molecular weight is 151 g/mol. The minimum atomic E-state index is -0.676. The molecule has 4 nitrogen and oxygen atoms in total. The van der Waals surface area contributed by atoms with Gasteiger partial charge in [0.05, 0.1) is 0 Å². The normalized spacial score (nSPS) is 17.2. The lowest BCUT2D eigenvalue weighted by Crippen LogP contribution is -2.34. The van der Waals surface area contributed by atoms with E-state index in [2.05, 4.69) is 0 Å². The summed E-state index contributed by atoms with van der Waals surface area (Å²) in [6.45, 7) is 1.51. The summed E-state index contributed by atoms with van der Waals surface area (Å²) in [5.41, 5.74) is 0.248. The van der Waals surface area contributed by atoms with Crippen LogP contribution in [0.4, 0.5) is 0 Å². The van der Waals surface area contributed by atoms with E-state index in [1.807, 2.05) is 5.32 Å². The molecule has 4 heteroatoms. The maximum atomic E-state index is 10.8. The molecule has 0 aromatic heterocycles. The van der Waals surface area contributed by atoms with Crippen molar-refractivity contribution in [3.05, 3.63) is 17.2 Å². The first kappa shape index (κ1) is 7.44. The van der Waals surface area contributed by atoms with Crippen LogP contribution in [0, 0.1) is 0 Å². The Morgan fingerprint density at radius 2 is 2.09 bits per heavy atom. The summed E-state index contributed by atoms with van der Waals surface area (Å²) in [5, 5.41) is 1.96. The maximum absolute atomic E-state index is 10.8. The summed E-state index contributed by atoms with van der Waals surface area (Å²) in [7, 11) is 0. The molecule has 11 heavy (non-hydrogen) atoms. The third-order valence-electron chi connectivity index (χ3n) is 1.31.